The predicted octanol–water partition coefficient (Wildman–Crippen LogP) is 4.30. The molecule has 3 heterocycles. The number of rotatable bonds is 3. The van der Waals surface area contributed by atoms with E-state index >= 15 is 0 Å². The Kier molecular flexibility index (Phi) is 4.18. The zero-order chi connectivity index (χ0) is 18.1. The van der Waals surface area contributed by atoms with E-state index in [2.05, 4.69) is 33.7 Å². The molecule has 1 fully saturated rings. The van der Waals surface area contributed by atoms with Crippen molar-refractivity contribution in [2.24, 2.45) is 5.41 Å². The van der Waals surface area contributed by atoms with E-state index in [9.17, 15) is 4.39 Å². The molecule has 0 spiro atoms. The molecule has 2 aromatic heterocycles. The van der Waals surface area contributed by atoms with E-state index in [4.69, 9.17) is 4.98 Å². The van der Waals surface area contributed by atoms with Crippen molar-refractivity contribution < 1.29 is 4.39 Å². The fraction of sp³-hybridized carbons (Fsp3) is 0.350. The fourth-order valence-corrected chi connectivity index (χ4v) is 3.53. The summed E-state index contributed by atoms with van der Waals surface area (Å²) in [5.74, 6) is 1.16. The SMILES string of the molecule is CC1(C)CCCN(c2ncc(-c3ncc[nH]3)c(-c3ccc(F)cc3)n2)C1. The summed E-state index contributed by atoms with van der Waals surface area (Å²) >= 11 is 0. The summed E-state index contributed by atoms with van der Waals surface area (Å²) in [6, 6.07) is 6.39. The van der Waals surface area contributed by atoms with Crippen molar-refractivity contribution in [2.75, 3.05) is 18.0 Å². The number of halogens is 1. The van der Waals surface area contributed by atoms with Gasteiger partial charge in [0.05, 0.1) is 11.3 Å². The summed E-state index contributed by atoms with van der Waals surface area (Å²) in [7, 11) is 0. The highest BCUT2D eigenvalue weighted by Gasteiger charge is 2.28. The molecule has 5 nitrogen and oxygen atoms in total. The first kappa shape index (κ1) is 16.7. The number of piperidine rings is 1. The number of imidazole rings is 1. The molecule has 1 saturated heterocycles. The van der Waals surface area contributed by atoms with Gasteiger partial charge in [-0.25, -0.2) is 19.3 Å². The minimum atomic E-state index is -0.264. The van der Waals surface area contributed by atoms with E-state index in [0.717, 1.165) is 36.3 Å². The van der Waals surface area contributed by atoms with Crippen molar-refractivity contribution in [1.82, 2.24) is 19.9 Å². The van der Waals surface area contributed by atoms with Gasteiger partial charge in [-0.1, -0.05) is 13.8 Å². The minimum absolute atomic E-state index is 0.247. The molecule has 3 aromatic rings. The van der Waals surface area contributed by atoms with Gasteiger partial charge < -0.3 is 9.88 Å². The van der Waals surface area contributed by atoms with Crippen LogP contribution in [0.5, 0.6) is 0 Å². The van der Waals surface area contributed by atoms with Crippen LogP contribution in [0.4, 0.5) is 10.3 Å². The summed E-state index contributed by atoms with van der Waals surface area (Å²) in [5, 5.41) is 0. The van der Waals surface area contributed by atoms with Gasteiger partial charge in [-0.2, -0.15) is 0 Å². The molecule has 0 aliphatic carbocycles. The quantitative estimate of drug-likeness (QED) is 0.764. The maximum atomic E-state index is 13.4. The maximum absolute atomic E-state index is 13.4. The minimum Gasteiger partial charge on any atom is -0.345 e. The summed E-state index contributed by atoms with van der Waals surface area (Å²) in [6.45, 7) is 6.43. The van der Waals surface area contributed by atoms with Crippen molar-refractivity contribution in [2.45, 2.75) is 26.7 Å². The summed E-state index contributed by atoms with van der Waals surface area (Å²) < 4.78 is 13.4. The molecule has 6 heteroatoms. The number of H-pyrrole nitrogens is 1. The largest absolute Gasteiger partial charge is 0.345 e. The molecular formula is C20H22FN5. The van der Waals surface area contributed by atoms with E-state index in [-0.39, 0.29) is 11.2 Å². The zero-order valence-corrected chi connectivity index (χ0v) is 15.0. The van der Waals surface area contributed by atoms with Gasteiger partial charge in [0.15, 0.2) is 0 Å². The molecule has 26 heavy (non-hydrogen) atoms. The van der Waals surface area contributed by atoms with Crippen LogP contribution in [0.3, 0.4) is 0 Å². The van der Waals surface area contributed by atoms with Gasteiger partial charge in [0.1, 0.15) is 11.6 Å². The van der Waals surface area contributed by atoms with Crippen LogP contribution in [-0.4, -0.2) is 33.0 Å². The third kappa shape index (κ3) is 3.31. The Balaban J connectivity index is 1.79. The van der Waals surface area contributed by atoms with Crippen LogP contribution in [0, 0.1) is 11.2 Å². The van der Waals surface area contributed by atoms with E-state index in [0.29, 0.717) is 11.8 Å². The van der Waals surface area contributed by atoms with Crippen molar-refractivity contribution in [1.29, 1.82) is 0 Å². The van der Waals surface area contributed by atoms with E-state index < -0.39 is 0 Å². The van der Waals surface area contributed by atoms with Gasteiger partial charge >= 0.3 is 0 Å². The van der Waals surface area contributed by atoms with Crippen LogP contribution in [0.25, 0.3) is 22.6 Å². The zero-order valence-electron chi connectivity index (χ0n) is 15.0. The monoisotopic (exact) mass is 351 g/mol. The molecule has 1 aliphatic rings. The Morgan fingerprint density at radius 2 is 1.96 bits per heavy atom. The van der Waals surface area contributed by atoms with E-state index in [1.54, 1.807) is 24.5 Å². The van der Waals surface area contributed by atoms with Gasteiger partial charge in [-0.15, -0.1) is 0 Å². The van der Waals surface area contributed by atoms with Gasteiger partial charge in [0, 0.05) is 37.2 Å². The third-order valence-corrected chi connectivity index (χ3v) is 4.83. The van der Waals surface area contributed by atoms with Gasteiger partial charge in [-0.05, 0) is 42.5 Å². The first-order valence-electron chi connectivity index (χ1n) is 8.90. The average molecular weight is 351 g/mol. The number of aromatic nitrogens is 4. The summed E-state index contributed by atoms with van der Waals surface area (Å²) in [5.41, 5.74) is 2.66. The molecule has 1 N–H and O–H groups in total. The highest BCUT2D eigenvalue weighted by molar-refractivity contribution is 5.77. The molecule has 134 valence electrons. The lowest BCUT2D eigenvalue weighted by Gasteiger charge is -2.38. The number of hydrogen-bond acceptors (Lipinski definition) is 4. The molecule has 0 unspecified atom stereocenters. The number of nitrogens with zero attached hydrogens (tertiary/aromatic N) is 4. The molecule has 0 amide bonds. The van der Waals surface area contributed by atoms with Crippen molar-refractivity contribution in [3.8, 4) is 22.6 Å². The Bertz CT molecular complexity index is 887. The fourth-order valence-electron chi connectivity index (χ4n) is 3.53. The van der Waals surface area contributed by atoms with Gasteiger partial charge in [-0.3, -0.25) is 0 Å². The highest BCUT2D eigenvalue weighted by atomic mass is 19.1. The van der Waals surface area contributed by atoms with Crippen LogP contribution < -0.4 is 4.90 Å². The van der Waals surface area contributed by atoms with Gasteiger partial charge in [0.25, 0.3) is 0 Å². The molecule has 1 aromatic carbocycles. The van der Waals surface area contributed by atoms with Crippen LogP contribution in [-0.2, 0) is 0 Å². The Morgan fingerprint density at radius 3 is 2.65 bits per heavy atom. The van der Waals surface area contributed by atoms with E-state index in [1.165, 1.54) is 18.6 Å². The lowest BCUT2D eigenvalue weighted by Crippen LogP contribution is -2.41. The molecule has 0 atom stereocenters. The van der Waals surface area contributed by atoms with Crippen LogP contribution in [0.1, 0.15) is 26.7 Å². The predicted molar refractivity (Wildman–Crippen MR) is 100 cm³/mol. The maximum Gasteiger partial charge on any atom is 0.225 e. The second-order valence-electron chi connectivity index (χ2n) is 7.57. The van der Waals surface area contributed by atoms with Gasteiger partial charge in [0.2, 0.25) is 5.95 Å². The number of nitrogens with one attached hydrogen (secondary N) is 1. The molecule has 0 saturated carbocycles. The standard InChI is InChI=1S/C20H22FN5/c1-20(2)8-3-11-26(13-20)19-24-12-16(18-22-9-10-23-18)17(25-19)14-4-6-15(21)7-5-14/h4-7,9-10,12H,3,8,11,13H2,1-2H3,(H,22,23). The Morgan fingerprint density at radius 1 is 1.15 bits per heavy atom. The smallest absolute Gasteiger partial charge is 0.225 e. The molecule has 4 rings (SSSR count). The normalized spacial score (nSPS) is 16.7. The molecule has 0 bridgehead atoms. The Hall–Kier alpha value is -2.76. The molecule has 1 aliphatic heterocycles. The average Bonchev–Trinajstić information content (AvgIpc) is 3.15. The van der Waals surface area contributed by atoms with E-state index in [1.807, 2.05) is 6.20 Å². The summed E-state index contributed by atoms with van der Waals surface area (Å²) in [6.07, 6.45) is 7.61. The number of hydrogen-bond donors (Lipinski definition) is 1. The first-order valence-corrected chi connectivity index (χ1v) is 8.90. The second-order valence-corrected chi connectivity index (χ2v) is 7.57. The molecular weight excluding hydrogens is 329 g/mol. The topological polar surface area (TPSA) is 57.7 Å². The highest BCUT2D eigenvalue weighted by Crippen LogP contribution is 2.33. The summed E-state index contributed by atoms with van der Waals surface area (Å²) in [4.78, 5) is 19.1. The van der Waals surface area contributed by atoms with Crippen LogP contribution in [0.15, 0.2) is 42.9 Å². The first-order chi connectivity index (χ1) is 12.5. The van der Waals surface area contributed by atoms with Crippen LogP contribution >= 0.6 is 0 Å². The third-order valence-electron chi connectivity index (χ3n) is 4.83. The second kappa shape index (κ2) is 6.52. The number of aromatic amines is 1. The number of benzene rings is 1. The molecule has 0 radical (unpaired) electrons. The number of anilines is 1. The lowest BCUT2D eigenvalue weighted by atomic mass is 9.84. The van der Waals surface area contributed by atoms with Crippen LogP contribution in [0.2, 0.25) is 0 Å². The lowest BCUT2D eigenvalue weighted by molar-refractivity contribution is 0.291. The van der Waals surface area contributed by atoms with Crippen molar-refractivity contribution in [3.63, 3.8) is 0 Å². The van der Waals surface area contributed by atoms with Crippen molar-refractivity contribution >= 4 is 5.95 Å². The van der Waals surface area contributed by atoms with Crippen molar-refractivity contribution in [3.05, 3.63) is 48.7 Å². The Labute approximate surface area is 152 Å².